The van der Waals surface area contributed by atoms with Gasteiger partial charge in [0, 0.05) is 0 Å². The first-order valence-corrected chi connectivity index (χ1v) is 9.15. The molecule has 3 N–H and O–H groups in total. The van der Waals surface area contributed by atoms with Gasteiger partial charge in [-0.25, -0.2) is 4.84 Å². The second-order valence-corrected chi connectivity index (χ2v) is 6.77. The summed E-state index contributed by atoms with van der Waals surface area (Å²) in [4.78, 5) is 17.0. The van der Waals surface area contributed by atoms with Gasteiger partial charge in [0.2, 0.25) is 0 Å². The van der Waals surface area contributed by atoms with Crippen molar-refractivity contribution in [2.75, 3.05) is 0 Å². The average molecular weight is 397 g/mol. The van der Waals surface area contributed by atoms with E-state index in [0.717, 1.165) is 33.0 Å². The maximum absolute atomic E-state index is 12.5. The molecule has 0 aliphatic heterocycles. The fraction of sp³-hybridized carbons (Fsp3) is 0.227. The number of aliphatic hydroxyl groups excluding tert-OH is 1. The highest BCUT2D eigenvalue weighted by molar-refractivity contribution is 5.86. The van der Waals surface area contributed by atoms with Gasteiger partial charge in [-0.2, -0.15) is 0 Å². The third-order valence-electron chi connectivity index (χ3n) is 4.72. The zero-order valence-corrected chi connectivity index (χ0v) is 16.0. The van der Waals surface area contributed by atoms with E-state index in [0.29, 0.717) is 0 Å². The van der Waals surface area contributed by atoms with E-state index in [-0.39, 0.29) is 31.2 Å². The van der Waals surface area contributed by atoms with Crippen molar-refractivity contribution in [3.63, 3.8) is 0 Å². The van der Waals surface area contributed by atoms with Crippen molar-refractivity contribution in [1.82, 2.24) is 5.39 Å². The molecule has 3 aromatic rings. The number of hydrogen-bond acceptors (Lipinski definition) is 7. The lowest BCUT2D eigenvalue weighted by Crippen LogP contribution is -2.14. The molecule has 0 heterocycles. The van der Waals surface area contributed by atoms with Crippen molar-refractivity contribution < 1.29 is 29.9 Å². The molecule has 0 aliphatic rings. The normalized spacial score (nSPS) is 12.3. The summed E-state index contributed by atoms with van der Waals surface area (Å²) < 4.78 is 5.44. The van der Waals surface area contributed by atoms with Gasteiger partial charge in [0.15, 0.2) is 0 Å². The van der Waals surface area contributed by atoms with Gasteiger partial charge in [0.25, 0.3) is 0 Å². The molecular formula is C22H23NO6. The Bertz CT molecular complexity index is 971. The maximum Gasteiger partial charge on any atom is 0.313 e. The molecule has 1 unspecified atom stereocenters. The minimum absolute atomic E-state index is 0.00423. The first kappa shape index (κ1) is 20.9. The van der Waals surface area contributed by atoms with Crippen molar-refractivity contribution in [3.8, 4) is 0 Å². The fourth-order valence-electron chi connectivity index (χ4n) is 2.96. The van der Waals surface area contributed by atoms with E-state index in [1.165, 1.54) is 0 Å². The second-order valence-electron chi connectivity index (χ2n) is 6.77. The monoisotopic (exact) mass is 397 g/mol. The number of rotatable bonds is 8. The van der Waals surface area contributed by atoms with Crippen molar-refractivity contribution >= 4 is 16.7 Å². The van der Waals surface area contributed by atoms with E-state index >= 15 is 0 Å². The summed E-state index contributed by atoms with van der Waals surface area (Å²) in [6, 6.07) is 18.6. The highest BCUT2D eigenvalue weighted by Gasteiger charge is 2.17. The maximum atomic E-state index is 12.5. The number of aliphatic hydroxyl groups is 1. The first-order valence-electron chi connectivity index (χ1n) is 9.15. The van der Waals surface area contributed by atoms with Crippen LogP contribution in [0.4, 0.5) is 0 Å². The molecule has 0 amide bonds. The summed E-state index contributed by atoms with van der Waals surface area (Å²) in [5.74, 6) is -0.732. The largest absolute Gasteiger partial charge is 0.460 e. The van der Waals surface area contributed by atoms with Crippen LogP contribution in [0.2, 0.25) is 0 Å². The van der Waals surface area contributed by atoms with Crippen LogP contribution in [-0.2, 0) is 34.2 Å². The van der Waals surface area contributed by atoms with Crippen LogP contribution in [0.3, 0.4) is 0 Å². The molecule has 7 nitrogen and oxygen atoms in total. The first-order chi connectivity index (χ1) is 14.0. The topological polar surface area (TPSA) is 99.5 Å². The van der Waals surface area contributed by atoms with E-state index in [1.807, 2.05) is 43.3 Å². The molecule has 3 aromatic carbocycles. The van der Waals surface area contributed by atoms with Crippen LogP contribution in [-0.4, -0.2) is 26.9 Å². The van der Waals surface area contributed by atoms with E-state index < -0.39 is 5.92 Å². The minimum Gasteiger partial charge on any atom is -0.460 e. The van der Waals surface area contributed by atoms with Crippen LogP contribution in [0.25, 0.3) is 10.8 Å². The van der Waals surface area contributed by atoms with E-state index in [4.69, 9.17) is 15.2 Å². The van der Waals surface area contributed by atoms with Crippen molar-refractivity contribution in [1.29, 1.82) is 0 Å². The lowest BCUT2D eigenvalue weighted by molar-refractivity contribution is -0.497. The van der Waals surface area contributed by atoms with Gasteiger partial charge in [-0.15, -0.1) is 0 Å². The summed E-state index contributed by atoms with van der Waals surface area (Å²) in [6.07, 6.45) is 0. The van der Waals surface area contributed by atoms with Crippen molar-refractivity contribution in [2.45, 2.75) is 32.7 Å². The zero-order chi connectivity index (χ0) is 20.8. The van der Waals surface area contributed by atoms with E-state index in [1.54, 1.807) is 24.3 Å². The van der Waals surface area contributed by atoms with Crippen LogP contribution in [0, 0.1) is 0 Å². The van der Waals surface area contributed by atoms with Gasteiger partial charge in [-0.05, 0) is 46.0 Å². The molecule has 0 spiro atoms. The summed E-state index contributed by atoms with van der Waals surface area (Å²) in [5.41, 5.74) is 3.26. The molecule has 0 aliphatic carbocycles. The lowest BCUT2D eigenvalue weighted by atomic mass is 9.97. The van der Waals surface area contributed by atoms with Crippen LogP contribution >= 0.6 is 0 Å². The average Bonchev–Trinajstić information content (AvgIpc) is 2.75. The molecule has 29 heavy (non-hydrogen) atoms. The number of benzene rings is 3. The number of hydrogen-bond donors (Lipinski definition) is 3. The van der Waals surface area contributed by atoms with Gasteiger partial charge in [0.1, 0.15) is 6.61 Å². The molecule has 3 rings (SSSR count). The zero-order valence-electron chi connectivity index (χ0n) is 16.0. The van der Waals surface area contributed by atoms with Gasteiger partial charge in [-0.1, -0.05) is 54.6 Å². The Kier molecular flexibility index (Phi) is 6.92. The van der Waals surface area contributed by atoms with E-state index in [2.05, 4.69) is 4.84 Å². The fourth-order valence-corrected chi connectivity index (χ4v) is 2.96. The van der Waals surface area contributed by atoms with Crippen LogP contribution in [0.5, 0.6) is 0 Å². The third kappa shape index (κ3) is 5.60. The van der Waals surface area contributed by atoms with E-state index in [9.17, 15) is 9.90 Å². The molecule has 152 valence electrons. The van der Waals surface area contributed by atoms with Gasteiger partial charge in [0.05, 0.1) is 24.5 Å². The SMILES string of the molecule is CC(C(=O)OCc1ccc(CON(O)O)cc1)c1ccc2cc(CO)ccc2c1. The molecule has 0 saturated carbocycles. The Balaban J connectivity index is 1.59. The highest BCUT2D eigenvalue weighted by Crippen LogP contribution is 2.24. The Morgan fingerprint density at radius 3 is 2.14 bits per heavy atom. The summed E-state index contributed by atoms with van der Waals surface area (Å²) in [7, 11) is 0. The summed E-state index contributed by atoms with van der Waals surface area (Å²) in [6.45, 7) is 1.95. The molecule has 0 saturated heterocycles. The molecule has 0 bridgehead atoms. The second kappa shape index (κ2) is 9.60. The van der Waals surface area contributed by atoms with Crippen LogP contribution in [0.15, 0.2) is 60.7 Å². The number of fused-ring (bicyclic) bond motifs is 1. The summed E-state index contributed by atoms with van der Waals surface area (Å²) in [5, 5.41) is 28.0. The number of carbonyl (C=O) groups excluding carboxylic acids is 1. The van der Waals surface area contributed by atoms with Gasteiger partial charge in [-0.3, -0.25) is 15.2 Å². The predicted molar refractivity (Wildman–Crippen MR) is 105 cm³/mol. The van der Waals surface area contributed by atoms with Crippen molar-refractivity contribution in [2.24, 2.45) is 0 Å². The molecule has 0 radical (unpaired) electrons. The molecule has 0 aromatic heterocycles. The Labute approximate surface area is 168 Å². The van der Waals surface area contributed by atoms with Crippen LogP contribution in [0.1, 0.15) is 35.1 Å². The minimum atomic E-state index is -0.412. The Morgan fingerprint density at radius 1 is 0.897 bits per heavy atom. The van der Waals surface area contributed by atoms with Crippen LogP contribution < -0.4 is 0 Å². The lowest BCUT2D eigenvalue weighted by Gasteiger charge is -2.13. The quantitative estimate of drug-likeness (QED) is 0.394. The van der Waals surface area contributed by atoms with Crippen molar-refractivity contribution in [3.05, 3.63) is 82.9 Å². The molecule has 7 heteroatoms. The number of nitrogens with zero attached hydrogens (tertiary/aromatic N) is 1. The predicted octanol–water partition coefficient (Wildman–Crippen LogP) is 3.69. The Hall–Kier alpha value is -2.81. The molecule has 1 atom stereocenters. The third-order valence-corrected chi connectivity index (χ3v) is 4.72. The molecule has 0 fully saturated rings. The molecular weight excluding hydrogens is 374 g/mol. The smallest absolute Gasteiger partial charge is 0.313 e. The van der Waals surface area contributed by atoms with Gasteiger partial charge < -0.3 is 9.84 Å². The number of esters is 1. The number of ether oxygens (including phenoxy) is 1. The number of carbonyl (C=O) groups is 1. The summed E-state index contributed by atoms with van der Waals surface area (Å²) >= 11 is 0. The standard InChI is InChI=1S/C22H23NO6/c1-15(19-8-9-20-10-18(12-24)6-7-21(20)11-19)22(25)28-13-16-2-4-17(5-3-16)14-29-23(26)27/h2-11,15,24,26-27H,12-14H2,1H3. The van der Waals surface area contributed by atoms with Gasteiger partial charge >= 0.3 is 5.97 Å². The Morgan fingerprint density at radius 2 is 1.48 bits per heavy atom. The highest BCUT2D eigenvalue weighted by atomic mass is 17.1.